The summed E-state index contributed by atoms with van der Waals surface area (Å²) in [5.74, 6) is 2.61. The first-order valence-electron chi connectivity index (χ1n) is 8.20. The number of rotatable bonds is 2. The van der Waals surface area contributed by atoms with E-state index in [0.29, 0.717) is 12.2 Å². The normalized spacial score (nSPS) is 25.2. The molecule has 1 unspecified atom stereocenters. The van der Waals surface area contributed by atoms with E-state index in [2.05, 4.69) is 21.3 Å². The molecule has 3 heterocycles. The number of guanidine groups is 1. The van der Waals surface area contributed by atoms with Gasteiger partial charge in [-0.05, 0) is 30.5 Å². The minimum absolute atomic E-state index is 0. The van der Waals surface area contributed by atoms with Gasteiger partial charge in [0.05, 0.1) is 6.61 Å². The summed E-state index contributed by atoms with van der Waals surface area (Å²) in [5.41, 5.74) is 1.50. The zero-order valence-electron chi connectivity index (χ0n) is 13.9. The largest absolute Gasteiger partial charge is 0.454 e. The van der Waals surface area contributed by atoms with Crippen molar-refractivity contribution in [3.63, 3.8) is 0 Å². The number of aliphatic imine (C=N–C) groups is 1. The Balaban J connectivity index is 0.00000169. The summed E-state index contributed by atoms with van der Waals surface area (Å²) < 4.78 is 16.4. The van der Waals surface area contributed by atoms with Crippen LogP contribution >= 0.6 is 24.0 Å². The van der Waals surface area contributed by atoms with E-state index in [1.165, 1.54) is 12.8 Å². The molecule has 7 heteroatoms. The van der Waals surface area contributed by atoms with Gasteiger partial charge in [0.25, 0.3) is 0 Å². The molecule has 1 N–H and O–H groups in total. The smallest absolute Gasteiger partial charge is 0.231 e. The molecule has 0 aliphatic carbocycles. The van der Waals surface area contributed by atoms with Crippen molar-refractivity contribution in [3.8, 4) is 11.5 Å². The first-order chi connectivity index (χ1) is 11.3. The Morgan fingerprint density at radius 3 is 2.96 bits per heavy atom. The number of ether oxygens (including phenoxy) is 3. The van der Waals surface area contributed by atoms with Crippen LogP contribution in [0.2, 0.25) is 0 Å². The highest BCUT2D eigenvalue weighted by molar-refractivity contribution is 14.0. The third kappa shape index (κ3) is 3.42. The molecular formula is C17H24IN3O3. The Hall–Kier alpha value is -1.22. The van der Waals surface area contributed by atoms with Crippen molar-refractivity contribution in [1.82, 2.24) is 10.2 Å². The molecule has 3 aliphatic heterocycles. The van der Waals surface area contributed by atoms with Gasteiger partial charge >= 0.3 is 0 Å². The molecule has 0 saturated carbocycles. The highest BCUT2D eigenvalue weighted by Crippen LogP contribution is 2.38. The maximum absolute atomic E-state index is 5.60. The molecule has 0 bridgehead atoms. The lowest BCUT2D eigenvalue weighted by molar-refractivity contribution is 0.156. The number of nitrogens with one attached hydrogen (secondary N) is 1. The second-order valence-electron chi connectivity index (χ2n) is 6.56. The summed E-state index contributed by atoms with van der Waals surface area (Å²) in [6, 6.07) is 6.05. The average Bonchev–Trinajstić information content (AvgIpc) is 3.30. The molecule has 132 valence electrons. The molecule has 24 heavy (non-hydrogen) atoms. The number of fused-ring (bicyclic) bond motifs is 1. The number of likely N-dealkylation sites (tertiary alicyclic amines) is 1. The summed E-state index contributed by atoms with van der Waals surface area (Å²) in [7, 11) is 1.85. The Bertz CT molecular complexity index is 617. The van der Waals surface area contributed by atoms with Crippen LogP contribution in [0.4, 0.5) is 0 Å². The standard InChI is InChI=1S/C17H23N3O3.HI/c1-18-16(20-6-4-17(10-20)5-7-21-11-17)19-9-13-2-3-14-15(8-13)23-12-22-14;/h2-3,8H,4-7,9-12H2,1H3,(H,18,19);1H. The van der Waals surface area contributed by atoms with Crippen molar-refractivity contribution >= 4 is 29.9 Å². The van der Waals surface area contributed by atoms with Crippen LogP contribution in [0.5, 0.6) is 11.5 Å². The SMILES string of the molecule is CN=C(NCc1ccc2c(c1)OCO2)N1CCC2(CCOC2)C1.I. The molecule has 3 aliphatic rings. The molecule has 6 nitrogen and oxygen atoms in total. The Morgan fingerprint density at radius 1 is 1.29 bits per heavy atom. The van der Waals surface area contributed by atoms with E-state index in [4.69, 9.17) is 14.2 Å². The Kier molecular flexibility index (Phi) is 5.39. The van der Waals surface area contributed by atoms with Gasteiger partial charge in [-0.1, -0.05) is 6.07 Å². The van der Waals surface area contributed by atoms with Gasteiger partial charge in [-0.15, -0.1) is 24.0 Å². The topological polar surface area (TPSA) is 55.3 Å². The monoisotopic (exact) mass is 445 g/mol. The summed E-state index contributed by atoms with van der Waals surface area (Å²) in [6.45, 7) is 4.91. The first-order valence-corrected chi connectivity index (χ1v) is 8.20. The molecule has 1 atom stereocenters. The van der Waals surface area contributed by atoms with Gasteiger partial charge in [0, 0.05) is 38.7 Å². The minimum atomic E-state index is 0. The third-order valence-electron chi connectivity index (χ3n) is 5.02. The summed E-state index contributed by atoms with van der Waals surface area (Å²) in [5, 5.41) is 3.46. The highest BCUT2D eigenvalue weighted by atomic mass is 127. The quantitative estimate of drug-likeness (QED) is 0.430. The molecule has 0 radical (unpaired) electrons. The van der Waals surface area contributed by atoms with E-state index in [1.807, 2.05) is 19.2 Å². The van der Waals surface area contributed by atoms with Crippen LogP contribution < -0.4 is 14.8 Å². The van der Waals surface area contributed by atoms with Crippen molar-refractivity contribution < 1.29 is 14.2 Å². The predicted octanol–water partition coefficient (Wildman–Crippen LogP) is 2.22. The van der Waals surface area contributed by atoms with Gasteiger partial charge < -0.3 is 24.4 Å². The fourth-order valence-electron chi connectivity index (χ4n) is 3.65. The minimum Gasteiger partial charge on any atom is -0.454 e. The van der Waals surface area contributed by atoms with E-state index in [0.717, 1.165) is 55.9 Å². The van der Waals surface area contributed by atoms with Crippen molar-refractivity contribution in [1.29, 1.82) is 0 Å². The van der Waals surface area contributed by atoms with Gasteiger partial charge in [0.2, 0.25) is 6.79 Å². The van der Waals surface area contributed by atoms with Crippen LogP contribution in [-0.2, 0) is 11.3 Å². The van der Waals surface area contributed by atoms with Crippen LogP contribution in [0.15, 0.2) is 23.2 Å². The van der Waals surface area contributed by atoms with Crippen molar-refractivity contribution in [2.45, 2.75) is 19.4 Å². The van der Waals surface area contributed by atoms with Crippen LogP contribution in [-0.4, -0.2) is 51.0 Å². The highest BCUT2D eigenvalue weighted by Gasteiger charge is 2.42. The van der Waals surface area contributed by atoms with E-state index in [1.54, 1.807) is 0 Å². The molecule has 0 aromatic heterocycles. The lowest BCUT2D eigenvalue weighted by Gasteiger charge is -2.25. The molecule has 2 saturated heterocycles. The Morgan fingerprint density at radius 2 is 2.17 bits per heavy atom. The van der Waals surface area contributed by atoms with Crippen LogP contribution in [0.3, 0.4) is 0 Å². The van der Waals surface area contributed by atoms with Gasteiger partial charge in [-0.2, -0.15) is 0 Å². The number of nitrogens with zero attached hydrogens (tertiary/aromatic N) is 2. The summed E-state index contributed by atoms with van der Waals surface area (Å²) in [4.78, 5) is 6.80. The van der Waals surface area contributed by atoms with E-state index < -0.39 is 0 Å². The summed E-state index contributed by atoms with van der Waals surface area (Å²) >= 11 is 0. The van der Waals surface area contributed by atoms with Crippen molar-refractivity contribution in [3.05, 3.63) is 23.8 Å². The zero-order valence-corrected chi connectivity index (χ0v) is 16.2. The van der Waals surface area contributed by atoms with Gasteiger partial charge in [0.15, 0.2) is 17.5 Å². The van der Waals surface area contributed by atoms with E-state index in [9.17, 15) is 0 Å². The number of benzene rings is 1. The maximum atomic E-state index is 5.60. The summed E-state index contributed by atoms with van der Waals surface area (Å²) in [6.07, 6.45) is 2.36. The second-order valence-corrected chi connectivity index (χ2v) is 6.56. The van der Waals surface area contributed by atoms with E-state index in [-0.39, 0.29) is 24.0 Å². The molecule has 0 amide bonds. The zero-order chi connectivity index (χ0) is 15.7. The number of halogens is 1. The van der Waals surface area contributed by atoms with Crippen molar-refractivity contribution in [2.24, 2.45) is 10.4 Å². The molecular weight excluding hydrogens is 421 g/mol. The Labute approximate surface area is 159 Å². The molecule has 1 aromatic rings. The van der Waals surface area contributed by atoms with Gasteiger partial charge in [-0.25, -0.2) is 0 Å². The molecule has 4 rings (SSSR count). The van der Waals surface area contributed by atoms with Gasteiger partial charge in [-0.3, -0.25) is 4.99 Å². The molecule has 1 aromatic carbocycles. The van der Waals surface area contributed by atoms with Crippen LogP contribution in [0.25, 0.3) is 0 Å². The first kappa shape index (κ1) is 17.6. The number of hydrogen-bond donors (Lipinski definition) is 1. The fourth-order valence-corrected chi connectivity index (χ4v) is 3.65. The van der Waals surface area contributed by atoms with Crippen LogP contribution in [0.1, 0.15) is 18.4 Å². The fraction of sp³-hybridized carbons (Fsp3) is 0.588. The molecule has 2 fully saturated rings. The molecule has 1 spiro atoms. The lowest BCUT2D eigenvalue weighted by Crippen LogP contribution is -2.41. The van der Waals surface area contributed by atoms with Crippen LogP contribution in [0, 0.1) is 5.41 Å². The van der Waals surface area contributed by atoms with E-state index >= 15 is 0 Å². The second kappa shape index (κ2) is 7.35. The average molecular weight is 445 g/mol. The predicted molar refractivity (Wildman–Crippen MR) is 102 cm³/mol. The van der Waals surface area contributed by atoms with Gasteiger partial charge in [0.1, 0.15) is 0 Å². The third-order valence-corrected chi connectivity index (χ3v) is 5.02. The number of hydrogen-bond acceptors (Lipinski definition) is 4. The lowest BCUT2D eigenvalue weighted by atomic mass is 9.87. The van der Waals surface area contributed by atoms with Crippen molar-refractivity contribution in [2.75, 3.05) is 40.1 Å². The maximum Gasteiger partial charge on any atom is 0.231 e.